The average molecular weight is 290 g/mol. The Labute approximate surface area is 121 Å². The summed E-state index contributed by atoms with van der Waals surface area (Å²) < 4.78 is 12.8. The maximum absolute atomic E-state index is 12.8. The molecule has 0 spiro atoms. The molecular formula is C15H15FN2OS. The number of benzene rings is 1. The van der Waals surface area contributed by atoms with Crippen LogP contribution in [-0.4, -0.2) is 28.6 Å². The molecule has 0 atom stereocenters. The zero-order chi connectivity index (χ0) is 14.4. The second-order valence-corrected chi connectivity index (χ2v) is 5.40. The number of carbonyl (C=O) groups excluding carboxylic acids is 1. The fraction of sp³-hybridized carbons (Fsp3) is 0.200. The highest BCUT2D eigenvalue weighted by molar-refractivity contribution is 8.00. The molecule has 0 N–H and O–H groups in total. The summed E-state index contributed by atoms with van der Waals surface area (Å²) in [6.45, 7) is 0.538. The zero-order valence-corrected chi connectivity index (χ0v) is 11.9. The molecule has 1 heterocycles. The monoisotopic (exact) mass is 290 g/mol. The topological polar surface area (TPSA) is 33.2 Å². The van der Waals surface area contributed by atoms with Crippen molar-refractivity contribution in [1.29, 1.82) is 0 Å². The third kappa shape index (κ3) is 4.35. The van der Waals surface area contributed by atoms with Crippen LogP contribution in [0.1, 0.15) is 5.56 Å². The standard InChI is InChI=1S/C15H15FN2OS/c1-18(10-12-3-2-8-17-9-12)15(19)11-20-14-6-4-13(16)5-7-14/h2-9H,10-11H2,1H3. The van der Waals surface area contributed by atoms with Gasteiger partial charge in [-0.25, -0.2) is 4.39 Å². The van der Waals surface area contributed by atoms with Crippen molar-refractivity contribution >= 4 is 17.7 Å². The Bertz CT molecular complexity index is 560. The van der Waals surface area contributed by atoms with E-state index < -0.39 is 0 Å². The molecule has 20 heavy (non-hydrogen) atoms. The van der Waals surface area contributed by atoms with Crippen molar-refractivity contribution in [2.75, 3.05) is 12.8 Å². The predicted molar refractivity (Wildman–Crippen MR) is 77.8 cm³/mol. The number of halogens is 1. The Kier molecular flexibility index (Phi) is 5.12. The highest BCUT2D eigenvalue weighted by Gasteiger charge is 2.10. The first-order valence-electron chi connectivity index (χ1n) is 6.16. The molecule has 0 radical (unpaired) electrons. The summed E-state index contributed by atoms with van der Waals surface area (Å²) >= 11 is 1.40. The average Bonchev–Trinajstić information content (AvgIpc) is 2.47. The number of amides is 1. The highest BCUT2D eigenvalue weighted by Crippen LogP contribution is 2.18. The second kappa shape index (κ2) is 7.05. The fourth-order valence-corrected chi connectivity index (χ4v) is 2.48. The van der Waals surface area contributed by atoms with Gasteiger partial charge in [0.05, 0.1) is 5.75 Å². The summed E-state index contributed by atoms with van der Waals surface area (Å²) in [6, 6.07) is 9.92. The van der Waals surface area contributed by atoms with Crippen LogP contribution in [0.5, 0.6) is 0 Å². The van der Waals surface area contributed by atoms with Crippen molar-refractivity contribution in [3.05, 3.63) is 60.2 Å². The number of hydrogen-bond acceptors (Lipinski definition) is 3. The Morgan fingerprint density at radius 2 is 2.05 bits per heavy atom. The van der Waals surface area contributed by atoms with E-state index in [1.165, 1.54) is 23.9 Å². The van der Waals surface area contributed by atoms with Gasteiger partial charge in [-0.3, -0.25) is 9.78 Å². The smallest absolute Gasteiger partial charge is 0.232 e. The van der Waals surface area contributed by atoms with Crippen LogP contribution >= 0.6 is 11.8 Å². The van der Waals surface area contributed by atoms with Gasteiger partial charge in [0.2, 0.25) is 5.91 Å². The lowest BCUT2D eigenvalue weighted by Gasteiger charge is -2.16. The van der Waals surface area contributed by atoms with E-state index in [0.29, 0.717) is 12.3 Å². The molecule has 0 saturated heterocycles. The molecule has 1 aromatic carbocycles. The van der Waals surface area contributed by atoms with Gasteiger partial charge in [0.1, 0.15) is 5.82 Å². The molecule has 0 aliphatic heterocycles. The lowest BCUT2D eigenvalue weighted by Crippen LogP contribution is -2.27. The second-order valence-electron chi connectivity index (χ2n) is 4.35. The molecule has 1 aromatic heterocycles. The van der Waals surface area contributed by atoms with E-state index in [2.05, 4.69) is 4.98 Å². The number of pyridine rings is 1. The Morgan fingerprint density at radius 1 is 1.30 bits per heavy atom. The minimum atomic E-state index is -0.269. The molecule has 1 amide bonds. The highest BCUT2D eigenvalue weighted by atomic mass is 32.2. The summed E-state index contributed by atoms with van der Waals surface area (Å²) in [5.74, 6) is 0.0973. The van der Waals surface area contributed by atoms with Crippen molar-refractivity contribution < 1.29 is 9.18 Å². The normalized spacial score (nSPS) is 10.3. The van der Waals surface area contributed by atoms with E-state index in [1.807, 2.05) is 12.1 Å². The van der Waals surface area contributed by atoms with E-state index in [-0.39, 0.29) is 11.7 Å². The van der Waals surface area contributed by atoms with E-state index in [9.17, 15) is 9.18 Å². The maximum Gasteiger partial charge on any atom is 0.232 e. The molecule has 0 aliphatic rings. The maximum atomic E-state index is 12.8. The summed E-state index contributed by atoms with van der Waals surface area (Å²) in [7, 11) is 1.76. The molecule has 2 aromatic rings. The van der Waals surface area contributed by atoms with Gasteiger partial charge in [0, 0.05) is 30.9 Å². The van der Waals surface area contributed by atoms with E-state index in [4.69, 9.17) is 0 Å². The van der Waals surface area contributed by atoms with Gasteiger partial charge in [0.15, 0.2) is 0 Å². The minimum Gasteiger partial charge on any atom is -0.341 e. The number of aromatic nitrogens is 1. The van der Waals surface area contributed by atoms with Gasteiger partial charge >= 0.3 is 0 Å². The van der Waals surface area contributed by atoms with Gasteiger partial charge in [-0.2, -0.15) is 0 Å². The predicted octanol–water partition coefficient (Wildman–Crippen LogP) is 2.97. The number of thioether (sulfide) groups is 1. The first kappa shape index (κ1) is 14.5. The number of rotatable bonds is 5. The molecule has 3 nitrogen and oxygen atoms in total. The van der Waals surface area contributed by atoms with Crippen LogP contribution in [0.2, 0.25) is 0 Å². The van der Waals surface area contributed by atoms with Crippen molar-refractivity contribution in [1.82, 2.24) is 9.88 Å². The first-order chi connectivity index (χ1) is 9.65. The molecule has 0 fully saturated rings. The van der Waals surface area contributed by atoms with Crippen molar-refractivity contribution in [2.24, 2.45) is 0 Å². The molecule has 0 saturated carbocycles. The number of hydrogen-bond donors (Lipinski definition) is 0. The molecule has 0 aliphatic carbocycles. The lowest BCUT2D eigenvalue weighted by atomic mass is 10.3. The molecule has 0 unspecified atom stereocenters. The fourth-order valence-electron chi connectivity index (χ4n) is 1.64. The van der Waals surface area contributed by atoms with E-state index >= 15 is 0 Å². The third-order valence-corrected chi connectivity index (χ3v) is 3.74. The molecule has 0 bridgehead atoms. The summed E-state index contributed by atoms with van der Waals surface area (Å²) in [4.78, 5) is 18.6. The van der Waals surface area contributed by atoms with Crippen LogP contribution in [0.4, 0.5) is 4.39 Å². The summed E-state index contributed by atoms with van der Waals surface area (Å²) in [6.07, 6.45) is 3.45. The summed E-state index contributed by atoms with van der Waals surface area (Å²) in [5, 5.41) is 0. The minimum absolute atomic E-state index is 0.0307. The van der Waals surface area contributed by atoms with Crippen LogP contribution in [0.25, 0.3) is 0 Å². The van der Waals surface area contributed by atoms with Crippen molar-refractivity contribution in [3.8, 4) is 0 Å². The van der Waals surface area contributed by atoms with Crippen LogP contribution in [0, 0.1) is 5.82 Å². The van der Waals surface area contributed by atoms with Crippen LogP contribution < -0.4 is 0 Å². The molecule has 104 valence electrons. The van der Waals surface area contributed by atoms with Crippen molar-refractivity contribution in [3.63, 3.8) is 0 Å². The van der Waals surface area contributed by atoms with E-state index in [0.717, 1.165) is 10.5 Å². The quantitative estimate of drug-likeness (QED) is 0.794. The SMILES string of the molecule is CN(Cc1cccnc1)C(=O)CSc1ccc(F)cc1. The Hall–Kier alpha value is -1.88. The molecular weight excluding hydrogens is 275 g/mol. The van der Waals surface area contributed by atoms with Crippen LogP contribution in [-0.2, 0) is 11.3 Å². The first-order valence-corrected chi connectivity index (χ1v) is 7.15. The number of nitrogens with zero attached hydrogens (tertiary/aromatic N) is 2. The Morgan fingerprint density at radius 3 is 2.70 bits per heavy atom. The molecule has 2 rings (SSSR count). The van der Waals surface area contributed by atoms with Crippen LogP contribution in [0.15, 0.2) is 53.7 Å². The van der Waals surface area contributed by atoms with Crippen molar-refractivity contribution in [2.45, 2.75) is 11.4 Å². The third-order valence-electron chi connectivity index (χ3n) is 2.74. The van der Waals surface area contributed by atoms with Crippen LogP contribution in [0.3, 0.4) is 0 Å². The van der Waals surface area contributed by atoms with Gasteiger partial charge in [-0.05, 0) is 35.9 Å². The van der Waals surface area contributed by atoms with Gasteiger partial charge in [-0.15, -0.1) is 11.8 Å². The van der Waals surface area contributed by atoms with Gasteiger partial charge in [0.25, 0.3) is 0 Å². The number of carbonyl (C=O) groups is 1. The van der Waals surface area contributed by atoms with Gasteiger partial charge < -0.3 is 4.90 Å². The lowest BCUT2D eigenvalue weighted by molar-refractivity contribution is -0.127. The zero-order valence-electron chi connectivity index (χ0n) is 11.1. The van der Waals surface area contributed by atoms with E-state index in [1.54, 1.807) is 36.5 Å². The summed E-state index contributed by atoms with van der Waals surface area (Å²) in [5.41, 5.74) is 0.995. The Balaban J connectivity index is 1.83. The molecule has 5 heteroatoms. The van der Waals surface area contributed by atoms with Gasteiger partial charge in [-0.1, -0.05) is 6.07 Å². The largest absolute Gasteiger partial charge is 0.341 e.